The van der Waals surface area contributed by atoms with Crippen LogP contribution in [0.1, 0.15) is 52.0 Å². The number of rotatable bonds is 5. The summed E-state index contributed by atoms with van der Waals surface area (Å²) < 4.78 is 16.1. The van der Waals surface area contributed by atoms with Gasteiger partial charge in [0.2, 0.25) is 0 Å². The number of methoxy groups -OCH3 is 2. The molecule has 0 heterocycles. The van der Waals surface area contributed by atoms with Crippen LogP contribution >= 0.6 is 0 Å². The Labute approximate surface area is 151 Å². The molecule has 138 valence electrons. The molecule has 4 nitrogen and oxygen atoms in total. The van der Waals surface area contributed by atoms with Crippen molar-refractivity contribution >= 4 is 12.0 Å². The second-order valence-corrected chi connectivity index (χ2v) is 7.72. The zero-order valence-corrected chi connectivity index (χ0v) is 16.0. The summed E-state index contributed by atoms with van der Waals surface area (Å²) in [5, 5.41) is 0. The molecule has 1 aliphatic carbocycles. The van der Waals surface area contributed by atoms with E-state index >= 15 is 0 Å². The quantitative estimate of drug-likeness (QED) is 0.564. The maximum absolute atomic E-state index is 12.1. The van der Waals surface area contributed by atoms with Crippen LogP contribution < -0.4 is 9.47 Å². The number of hydrogen-bond acceptors (Lipinski definition) is 4. The molecule has 0 saturated heterocycles. The van der Waals surface area contributed by atoms with Gasteiger partial charge < -0.3 is 14.2 Å². The first-order valence-electron chi connectivity index (χ1n) is 8.94. The van der Waals surface area contributed by atoms with Crippen LogP contribution in [0.15, 0.2) is 24.3 Å². The van der Waals surface area contributed by atoms with Gasteiger partial charge in [0.05, 0.1) is 14.2 Å². The van der Waals surface area contributed by atoms with E-state index in [1.54, 1.807) is 20.3 Å². The van der Waals surface area contributed by atoms with Crippen molar-refractivity contribution in [2.75, 3.05) is 14.2 Å². The highest BCUT2D eigenvalue weighted by Crippen LogP contribution is 2.38. The first-order chi connectivity index (χ1) is 11.8. The van der Waals surface area contributed by atoms with Gasteiger partial charge in [0, 0.05) is 6.08 Å². The maximum atomic E-state index is 12.1. The van der Waals surface area contributed by atoms with Gasteiger partial charge in [0.25, 0.3) is 0 Å². The van der Waals surface area contributed by atoms with E-state index in [1.807, 2.05) is 18.2 Å². The van der Waals surface area contributed by atoms with Crippen molar-refractivity contribution in [1.29, 1.82) is 0 Å². The molecule has 0 N–H and O–H groups in total. The fraction of sp³-hybridized carbons (Fsp3) is 0.571. The van der Waals surface area contributed by atoms with Gasteiger partial charge in [-0.15, -0.1) is 0 Å². The van der Waals surface area contributed by atoms with E-state index in [4.69, 9.17) is 14.2 Å². The Morgan fingerprint density at radius 2 is 1.68 bits per heavy atom. The third-order valence-electron chi connectivity index (χ3n) is 5.00. The largest absolute Gasteiger partial charge is 0.493 e. The first-order valence-corrected chi connectivity index (χ1v) is 8.94. The Morgan fingerprint density at radius 3 is 2.24 bits per heavy atom. The summed E-state index contributed by atoms with van der Waals surface area (Å²) in [6, 6.07) is 5.52. The fourth-order valence-electron chi connectivity index (χ4n) is 3.37. The van der Waals surface area contributed by atoms with Gasteiger partial charge in [-0.3, -0.25) is 0 Å². The lowest BCUT2D eigenvalue weighted by Crippen LogP contribution is -2.30. The Kier molecular flexibility index (Phi) is 6.51. The number of hydrogen-bond donors (Lipinski definition) is 0. The molecule has 1 aromatic rings. The average molecular weight is 346 g/mol. The van der Waals surface area contributed by atoms with Crippen LogP contribution in [0.3, 0.4) is 0 Å². The molecule has 0 atom stereocenters. The van der Waals surface area contributed by atoms with E-state index in [1.165, 1.54) is 6.08 Å². The summed E-state index contributed by atoms with van der Waals surface area (Å²) in [7, 11) is 3.19. The molecule has 0 amide bonds. The molecular formula is C21H30O4. The second-order valence-electron chi connectivity index (χ2n) is 7.72. The van der Waals surface area contributed by atoms with Crippen LogP contribution in [0.2, 0.25) is 0 Å². The minimum absolute atomic E-state index is 0.0427. The van der Waals surface area contributed by atoms with Crippen LogP contribution in [0.5, 0.6) is 11.5 Å². The Hall–Kier alpha value is -1.97. The van der Waals surface area contributed by atoms with Crippen molar-refractivity contribution in [3.8, 4) is 11.5 Å². The number of esters is 1. The predicted molar refractivity (Wildman–Crippen MR) is 99.9 cm³/mol. The van der Waals surface area contributed by atoms with E-state index in [0.29, 0.717) is 22.8 Å². The van der Waals surface area contributed by atoms with Crippen LogP contribution in [-0.2, 0) is 9.53 Å². The van der Waals surface area contributed by atoms with E-state index in [0.717, 1.165) is 31.2 Å². The topological polar surface area (TPSA) is 44.8 Å². The van der Waals surface area contributed by atoms with Crippen molar-refractivity contribution < 1.29 is 19.0 Å². The highest BCUT2D eigenvalue weighted by Gasteiger charge is 2.30. The molecule has 4 heteroatoms. The molecule has 0 aromatic heterocycles. The molecule has 25 heavy (non-hydrogen) atoms. The van der Waals surface area contributed by atoms with Gasteiger partial charge >= 0.3 is 5.97 Å². The van der Waals surface area contributed by atoms with Gasteiger partial charge in [-0.25, -0.2) is 4.79 Å². The lowest BCUT2D eigenvalue weighted by atomic mass is 9.72. The lowest BCUT2D eigenvalue weighted by molar-refractivity contribution is -0.145. The van der Waals surface area contributed by atoms with Crippen LogP contribution in [0.4, 0.5) is 0 Å². The summed E-state index contributed by atoms with van der Waals surface area (Å²) in [4.78, 5) is 12.1. The minimum Gasteiger partial charge on any atom is -0.493 e. The van der Waals surface area contributed by atoms with Crippen molar-refractivity contribution in [3.05, 3.63) is 29.8 Å². The minimum atomic E-state index is -0.283. The SMILES string of the molecule is COc1ccc(/C=C/C(=O)OC2CCC(C(C)(C)C)CC2)cc1OC. The smallest absolute Gasteiger partial charge is 0.331 e. The number of carbonyl (C=O) groups is 1. The molecule has 0 radical (unpaired) electrons. The standard InChI is InChI=1S/C21H30O4/c1-21(2,3)16-8-10-17(11-9-16)25-20(22)13-7-15-6-12-18(23-4)19(14-15)24-5/h6-7,12-14,16-17H,8-11H2,1-5H3/b13-7+. The molecule has 2 rings (SSSR count). The predicted octanol–water partition coefficient (Wildman–Crippen LogP) is 4.87. The highest BCUT2D eigenvalue weighted by atomic mass is 16.5. The van der Waals surface area contributed by atoms with Crippen LogP contribution in [0, 0.1) is 11.3 Å². The summed E-state index contributed by atoms with van der Waals surface area (Å²) in [5.41, 5.74) is 1.20. The normalized spacial score (nSPS) is 21.2. The second kappa shape index (κ2) is 8.41. The molecule has 0 aliphatic heterocycles. The number of ether oxygens (including phenoxy) is 3. The van der Waals surface area contributed by atoms with Crippen LogP contribution in [0.25, 0.3) is 6.08 Å². The first kappa shape index (κ1) is 19.4. The Bertz CT molecular complexity index is 605. The fourth-order valence-corrected chi connectivity index (χ4v) is 3.37. The summed E-state index contributed by atoms with van der Waals surface area (Å²) in [5.74, 6) is 1.73. The van der Waals surface area contributed by atoms with Crippen molar-refractivity contribution in [1.82, 2.24) is 0 Å². The van der Waals surface area contributed by atoms with E-state index in [2.05, 4.69) is 20.8 Å². The van der Waals surface area contributed by atoms with E-state index in [9.17, 15) is 4.79 Å². The third-order valence-corrected chi connectivity index (χ3v) is 5.00. The highest BCUT2D eigenvalue weighted by molar-refractivity contribution is 5.87. The monoisotopic (exact) mass is 346 g/mol. The summed E-state index contributed by atoms with van der Waals surface area (Å²) >= 11 is 0. The van der Waals surface area contributed by atoms with Gasteiger partial charge in [-0.05, 0) is 60.8 Å². The zero-order valence-electron chi connectivity index (χ0n) is 16.0. The van der Waals surface area contributed by atoms with E-state index < -0.39 is 0 Å². The van der Waals surface area contributed by atoms with Crippen molar-refractivity contribution in [3.63, 3.8) is 0 Å². The molecule has 0 bridgehead atoms. The van der Waals surface area contributed by atoms with Crippen LogP contribution in [-0.4, -0.2) is 26.3 Å². The molecule has 1 aromatic carbocycles. The lowest BCUT2D eigenvalue weighted by Gasteiger charge is -2.36. The van der Waals surface area contributed by atoms with Crippen molar-refractivity contribution in [2.45, 2.75) is 52.6 Å². The molecule has 1 saturated carbocycles. The van der Waals surface area contributed by atoms with Gasteiger partial charge in [-0.1, -0.05) is 26.8 Å². The molecule has 1 aliphatic rings. The summed E-state index contributed by atoms with van der Waals surface area (Å²) in [6.07, 6.45) is 7.43. The molecule has 0 spiro atoms. The summed E-state index contributed by atoms with van der Waals surface area (Å²) in [6.45, 7) is 6.86. The van der Waals surface area contributed by atoms with Gasteiger partial charge in [0.1, 0.15) is 6.10 Å². The van der Waals surface area contributed by atoms with Crippen molar-refractivity contribution in [2.24, 2.45) is 11.3 Å². The molecular weight excluding hydrogens is 316 g/mol. The third kappa shape index (κ3) is 5.52. The van der Waals surface area contributed by atoms with E-state index in [-0.39, 0.29) is 12.1 Å². The Balaban J connectivity index is 1.87. The molecule has 1 fully saturated rings. The zero-order chi connectivity index (χ0) is 18.4. The maximum Gasteiger partial charge on any atom is 0.331 e. The van der Waals surface area contributed by atoms with Gasteiger partial charge in [-0.2, -0.15) is 0 Å². The Morgan fingerprint density at radius 1 is 1.04 bits per heavy atom. The number of carbonyl (C=O) groups excluding carboxylic acids is 1. The molecule has 0 unspecified atom stereocenters. The average Bonchev–Trinajstić information content (AvgIpc) is 2.59. The number of benzene rings is 1. The van der Waals surface area contributed by atoms with Gasteiger partial charge in [0.15, 0.2) is 11.5 Å².